The molecule has 0 bridgehead atoms. The predicted octanol–water partition coefficient (Wildman–Crippen LogP) is 2.52. The number of rotatable bonds is 7. The monoisotopic (exact) mass is 401 g/mol. The Hall–Kier alpha value is -2.06. The molecule has 7 nitrogen and oxygen atoms in total. The van der Waals surface area contributed by atoms with E-state index in [1.807, 2.05) is 4.90 Å². The van der Waals surface area contributed by atoms with Crippen molar-refractivity contribution in [3.05, 3.63) is 29.8 Å². The molecule has 1 aromatic carbocycles. The van der Waals surface area contributed by atoms with Crippen LogP contribution in [0, 0.1) is 6.92 Å². The minimum absolute atomic E-state index is 0.294. The summed E-state index contributed by atoms with van der Waals surface area (Å²) in [4.78, 5) is 16.0. The molecule has 4 rings (SSSR count). The first-order valence-corrected chi connectivity index (χ1v) is 11.0. The summed E-state index contributed by atoms with van der Waals surface area (Å²) in [7, 11) is 0. The maximum Gasteiger partial charge on any atom is 0.232 e. The molecule has 0 aliphatic carbocycles. The molecule has 0 unspecified atom stereocenters. The Morgan fingerprint density at radius 2 is 1.96 bits per heavy atom. The zero-order valence-corrected chi connectivity index (χ0v) is 17.2. The lowest BCUT2D eigenvalue weighted by Gasteiger charge is -2.28. The average Bonchev–Trinajstić information content (AvgIpc) is 3.32. The number of aromatic nitrogens is 3. The Kier molecular flexibility index (Phi) is 6.17. The number of hydrogen-bond acceptors (Lipinski definition) is 6. The van der Waals surface area contributed by atoms with Gasteiger partial charge in [0.15, 0.2) is 5.16 Å². The third-order valence-electron chi connectivity index (χ3n) is 5.24. The van der Waals surface area contributed by atoms with Crippen LogP contribution in [0.5, 0.6) is 0 Å². The maximum atomic E-state index is 11.8. The minimum atomic E-state index is 0.294. The number of likely N-dealkylation sites (tertiary alicyclic amines) is 1. The van der Waals surface area contributed by atoms with E-state index in [9.17, 15) is 4.79 Å². The number of thioether (sulfide) groups is 1. The van der Waals surface area contributed by atoms with Crippen LogP contribution >= 0.6 is 11.8 Å². The Balaban J connectivity index is 1.50. The summed E-state index contributed by atoms with van der Waals surface area (Å²) in [6.45, 7) is 6.94. The molecule has 8 heteroatoms. The van der Waals surface area contributed by atoms with Crippen LogP contribution in [-0.2, 0) is 9.53 Å². The van der Waals surface area contributed by atoms with E-state index in [4.69, 9.17) is 4.74 Å². The van der Waals surface area contributed by atoms with E-state index in [0.717, 1.165) is 61.6 Å². The van der Waals surface area contributed by atoms with Gasteiger partial charge in [0.2, 0.25) is 11.9 Å². The first-order chi connectivity index (χ1) is 13.7. The second-order valence-electron chi connectivity index (χ2n) is 7.19. The second kappa shape index (κ2) is 8.96. The third-order valence-corrected chi connectivity index (χ3v) is 6.26. The van der Waals surface area contributed by atoms with Gasteiger partial charge in [0.25, 0.3) is 0 Å². The summed E-state index contributed by atoms with van der Waals surface area (Å²) in [5.41, 5.74) is 2.31. The number of nitrogens with zero attached hydrogens (tertiary/aromatic N) is 5. The van der Waals surface area contributed by atoms with Gasteiger partial charge in [-0.25, -0.2) is 0 Å². The molecule has 2 aromatic rings. The lowest BCUT2D eigenvalue weighted by Crippen LogP contribution is -2.38. The fraction of sp³-hybridized carbons (Fsp3) is 0.550. The van der Waals surface area contributed by atoms with Crippen molar-refractivity contribution in [1.82, 2.24) is 19.7 Å². The van der Waals surface area contributed by atoms with Crippen molar-refractivity contribution >= 4 is 23.6 Å². The van der Waals surface area contributed by atoms with Crippen LogP contribution in [0.4, 0.5) is 5.95 Å². The predicted molar refractivity (Wildman–Crippen MR) is 110 cm³/mol. The molecule has 2 aliphatic heterocycles. The van der Waals surface area contributed by atoms with Gasteiger partial charge in [-0.05, 0) is 31.4 Å². The highest BCUT2D eigenvalue weighted by Crippen LogP contribution is 2.29. The molecule has 0 spiro atoms. The Labute approximate surface area is 170 Å². The van der Waals surface area contributed by atoms with Gasteiger partial charge in [0, 0.05) is 38.4 Å². The first kappa shape index (κ1) is 19.3. The molecule has 2 fully saturated rings. The van der Waals surface area contributed by atoms with E-state index in [1.54, 1.807) is 11.8 Å². The molecule has 2 saturated heterocycles. The van der Waals surface area contributed by atoms with E-state index < -0.39 is 0 Å². The SMILES string of the molecule is Cc1ccccc1-n1c(SCCCN2CCCC2=O)nnc1N1CCOCC1. The van der Waals surface area contributed by atoms with Gasteiger partial charge in [-0.2, -0.15) is 0 Å². The molecule has 28 heavy (non-hydrogen) atoms. The molecule has 0 atom stereocenters. The van der Waals surface area contributed by atoms with Gasteiger partial charge in [0.05, 0.1) is 18.9 Å². The van der Waals surface area contributed by atoms with Crippen molar-refractivity contribution in [1.29, 1.82) is 0 Å². The summed E-state index contributed by atoms with van der Waals surface area (Å²) in [5.74, 6) is 2.09. The number of para-hydroxylation sites is 1. The standard InChI is InChI=1S/C20H27N5O2S/c1-16-6-2-3-7-17(16)25-19(24-11-13-27-14-12-24)21-22-20(25)28-15-5-10-23-9-4-8-18(23)26/h2-3,6-7H,4-5,8-15H2,1H3. The molecule has 1 aromatic heterocycles. The molecule has 0 radical (unpaired) electrons. The van der Waals surface area contributed by atoms with E-state index >= 15 is 0 Å². The van der Waals surface area contributed by atoms with Gasteiger partial charge in [-0.3, -0.25) is 9.36 Å². The number of carbonyl (C=O) groups excluding carboxylic acids is 1. The quantitative estimate of drug-likeness (QED) is 0.525. The average molecular weight is 402 g/mol. The number of amides is 1. The highest BCUT2D eigenvalue weighted by Gasteiger charge is 2.23. The third kappa shape index (κ3) is 4.17. The topological polar surface area (TPSA) is 63.5 Å². The molecule has 0 saturated carbocycles. The van der Waals surface area contributed by atoms with Crippen molar-refractivity contribution in [3.8, 4) is 5.69 Å². The molecule has 150 valence electrons. The van der Waals surface area contributed by atoms with Crippen molar-refractivity contribution in [3.63, 3.8) is 0 Å². The number of carbonyl (C=O) groups is 1. The van der Waals surface area contributed by atoms with Gasteiger partial charge in [-0.15, -0.1) is 10.2 Å². The van der Waals surface area contributed by atoms with E-state index in [2.05, 4.69) is 50.9 Å². The highest BCUT2D eigenvalue weighted by atomic mass is 32.2. The van der Waals surface area contributed by atoms with Gasteiger partial charge in [0.1, 0.15) is 0 Å². The first-order valence-electron chi connectivity index (χ1n) is 9.99. The van der Waals surface area contributed by atoms with Crippen LogP contribution in [0.2, 0.25) is 0 Å². The Bertz CT molecular complexity index is 819. The Morgan fingerprint density at radius 1 is 1.14 bits per heavy atom. The summed E-state index contributed by atoms with van der Waals surface area (Å²) in [6, 6.07) is 8.35. The zero-order chi connectivity index (χ0) is 19.3. The molecule has 1 amide bonds. The van der Waals surface area contributed by atoms with Crippen LogP contribution in [-0.4, -0.2) is 70.7 Å². The Morgan fingerprint density at radius 3 is 2.71 bits per heavy atom. The highest BCUT2D eigenvalue weighted by molar-refractivity contribution is 7.99. The van der Waals surface area contributed by atoms with Crippen LogP contribution in [0.3, 0.4) is 0 Å². The number of aryl methyl sites for hydroxylation is 1. The number of hydrogen-bond donors (Lipinski definition) is 0. The van der Waals surface area contributed by atoms with Crippen LogP contribution in [0.1, 0.15) is 24.8 Å². The fourth-order valence-corrected chi connectivity index (χ4v) is 4.57. The summed E-state index contributed by atoms with van der Waals surface area (Å²) in [5, 5.41) is 9.94. The fourth-order valence-electron chi connectivity index (χ4n) is 3.71. The second-order valence-corrected chi connectivity index (χ2v) is 8.25. The van der Waals surface area contributed by atoms with E-state index in [1.165, 1.54) is 5.56 Å². The smallest absolute Gasteiger partial charge is 0.232 e. The zero-order valence-electron chi connectivity index (χ0n) is 16.3. The van der Waals surface area contributed by atoms with Gasteiger partial charge < -0.3 is 14.5 Å². The normalized spacial score (nSPS) is 17.5. The van der Waals surface area contributed by atoms with Crippen LogP contribution in [0.15, 0.2) is 29.4 Å². The lowest BCUT2D eigenvalue weighted by molar-refractivity contribution is -0.127. The summed E-state index contributed by atoms with van der Waals surface area (Å²) >= 11 is 1.71. The maximum absolute atomic E-state index is 11.8. The number of ether oxygens (including phenoxy) is 1. The number of morpholine rings is 1. The van der Waals surface area contributed by atoms with Crippen molar-refractivity contribution < 1.29 is 9.53 Å². The number of benzene rings is 1. The van der Waals surface area contributed by atoms with Gasteiger partial charge >= 0.3 is 0 Å². The minimum Gasteiger partial charge on any atom is -0.378 e. The van der Waals surface area contributed by atoms with E-state index in [-0.39, 0.29) is 0 Å². The molecule has 3 heterocycles. The molecular formula is C20H27N5O2S. The van der Waals surface area contributed by atoms with E-state index in [0.29, 0.717) is 25.5 Å². The molecule has 0 N–H and O–H groups in total. The largest absolute Gasteiger partial charge is 0.378 e. The summed E-state index contributed by atoms with van der Waals surface area (Å²) < 4.78 is 7.67. The summed E-state index contributed by atoms with van der Waals surface area (Å²) in [6.07, 6.45) is 2.66. The van der Waals surface area contributed by atoms with Crippen LogP contribution < -0.4 is 4.90 Å². The van der Waals surface area contributed by atoms with Crippen LogP contribution in [0.25, 0.3) is 5.69 Å². The lowest BCUT2D eigenvalue weighted by atomic mass is 10.2. The molecular weight excluding hydrogens is 374 g/mol. The molecule has 2 aliphatic rings. The van der Waals surface area contributed by atoms with Crippen molar-refractivity contribution in [2.24, 2.45) is 0 Å². The number of anilines is 1. The van der Waals surface area contributed by atoms with Gasteiger partial charge in [-0.1, -0.05) is 30.0 Å². The van der Waals surface area contributed by atoms with Crippen molar-refractivity contribution in [2.45, 2.75) is 31.3 Å². The van der Waals surface area contributed by atoms with Crippen molar-refractivity contribution in [2.75, 3.05) is 50.0 Å².